The molecule has 1 aromatic heterocycles. The number of aromatic nitrogens is 1. The summed E-state index contributed by atoms with van der Waals surface area (Å²) in [6, 6.07) is 22.0. The summed E-state index contributed by atoms with van der Waals surface area (Å²) >= 11 is 1.22. The molecule has 196 valence electrons. The van der Waals surface area contributed by atoms with Gasteiger partial charge in [-0.2, -0.15) is 0 Å². The van der Waals surface area contributed by atoms with E-state index >= 15 is 0 Å². The van der Waals surface area contributed by atoms with Gasteiger partial charge in [-0.25, -0.2) is 9.79 Å². The number of thiazole rings is 1. The summed E-state index contributed by atoms with van der Waals surface area (Å²) in [4.78, 5) is 43.7. The number of ether oxygens (including phenoxy) is 1. The van der Waals surface area contributed by atoms with Crippen molar-refractivity contribution in [1.82, 2.24) is 4.57 Å². The van der Waals surface area contributed by atoms with Gasteiger partial charge in [-0.1, -0.05) is 53.8 Å². The van der Waals surface area contributed by atoms with Gasteiger partial charge in [-0.05, 0) is 67.4 Å². The minimum Gasteiger partial charge on any atom is -0.494 e. The van der Waals surface area contributed by atoms with Crippen molar-refractivity contribution in [3.05, 3.63) is 127 Å². The van der Waals surface area contributed by atoms with Gasteiger partial charge in [0.15, 0.2) is 4.80 Å². The van der Waals surface area contributed by atoms with Crippen LogP contribution < -0.4 is 24.9 Å². The predicted octanol–water partition coefficient (Wildman–Crippen LogP) is 3.97. The van der Waals surface area contributed by atoms with Crippen LogP contribution >= 0.6 is 11.3 Å². The van der Waals surface area contributed by atoms with Crippen LogP contribution in [0.4, 0.5) is 5.69 Å². The Bertz CT molecular complexity index is 1750. The third-order valence-corrected chi connectivity index (χ3v) is 7.24. The van der Waals surface area contributed by atoms with E-state index in [0.717, 1.165) is 5.56 Å². The van der Waals surface area contributed by atoms with Crippen LogP contribution in [0.5, 0.6) is 5.75 Å². The first-order valence-corrected chi connectivity index (χ1v) is 13.1. The van der Waals surface area contributed by atoms with Gasteiger partial charge in [0.2, 0.25) is 0 Å². The molecule has 5 rings (SSSR count). The number of aromatic carboxylic acids is 1. The summed E-state index contributed by atoms with van der Waals surface area (Å²) in [5.41, 5.74) is 2.81. The van der Waals surface area contributed by atoms with Crippen LogP contribution in [0.25, 0.3) is 6.08 Å². The highest BCUT2D eigenvalue weighted by Gasteiger charge is 2.32. The molecule has 0 bridgehead atoms. The van der Waals surface area contributed by atoms with Crippen LogP contribution in [0.1, 0.15) is 41.4 Å². The Labute approximate surface area is 227 Å². The van der Waals surface area contributed by atoms with Gasteiger partial charge in [0.05, 0.1) is 34.0 Å². The molecule has 0 radical (unpaired) electrons. The van der Waals surface area contributed by atoms with E-state index in [1.54, 1.807) is 41.8 Å². The van der Waals surface area contributed by atoms with Gasteiger partial charge in [-0.15, -0.1) is 0 Å². The van der Waals surface area contributed by atoms with Crippen molar-refractivity contribution in [2.75, 3.05) is 11.9 Å². The Morgan fingerprint density at radius 3 is 2.38 bits per heavy atom. The summed E-state index contributed by atoms with van der Waals surface area (Å²) in [6.07, 6.45) is 1.70. The molecule has 39 heavy (non-hydrogen) atoms. The van der Waals surface area contributed by atoms with E-state index in [9.17, 15) is 19.5 Å². The molecule has 0 unspecified atom stereocenters. The molecule has 1 atom stereocenters. The average Bonchev–Trinajstić information content (AvgIpc) is 3.23. The molecule has 1 amide bonds. The van der Waals surface area contributed by atoms with Crippen LogP contribution in [-0.2, 0) is 4.79 Å². The fourth-order valence-electron chi connectivity index (χ4n) is 4.43. The molecule has 0 saturated carbocycles. The summed E-state index contributed by atoms with van der Waals surface area (Å²) in [6.45, 7) is 4.19. The van der Waals surface area contributed by atoms with Crippen LogP contribution in [0.15, 0.2) is 99.9 Å². The molecule has 9 heteroatoms. The molecule has 4 aromatic rings. The lowest BCUT2D eigenvalue weighted by molar-refractivity contribution is -0.113. The van der Waals surface area contributed by atoms with E-state index < -0.39 is 12.0 Å². The average molecular weight is 540 g/mol. The second-order valence-corrected chi connectivity index (χ2v) is 9.84. The van der Waals surface area contributed by atoms with E-state index in [1.807, 2.05) is 49.4 Å². The van der Waals surface area contributed by atoms with Gasteiger partial charge in [-0.3, -0.25) is 14.2 Å². The molecule has 0 fully saturated rings. The summed E-state index contributed by atoms with van der Waals surface area (Å²) in [5.74, 6) is -0.678. The second-order valence-electron chi connectivity index (χ2n) is 8.83. The first-order chi connectivity index (χ1) is 18.9. The maximum atomic E-state index is 13.8. The van der Waals surface area contributed by atoms with Crippen molar-refractivity contribution in [2.24, 2.45) is 4.99 Å². The molecule has 2 N–H and O–H groups in total. The maximum absolute atomic E-state index is 13.8. The number of allylic oxidation sites excluding steroid dienone is 1. The van der Waals surface area contributed by atoms with E-state index in [2.05, 4.69) is 10.3 Å². The fourth-order valence-corrected chi connectivity index (χ4v) is 5.48. The van der Waals surface area contributed by atoms with E-state index in [0.29, 0.717) is 44.2 Å². The van der Waals surface area contributed by atoms with Crippen LogP contribution in [0.3, 0.4) is 0 Å². The Hall–Kier alpha value is -4.76. The number of hydrogen-bond donors (Lipinski definition) is 2. The molecule has 3 aromatic carbocycles. The zero-order valence-corrected chi connectivity index (χ0v) is 22.1. The summed E-state index contributed by atoms with van der Waals surface area (Å²) in [5, 5.41) is 12.1. The predicted molar refractivity (Wildman–Crippen MR) is 150 cm³/mol. The number of hydrogen-bond acceptors (Lipinski definition) is 6. The van der Waals surface area contributed by atoms with E-state index in [4.69, 9.17) is 4.74 Å². The first kappa shape index (κ1) is 25.9. The number of fused-ring (bicyclic) bond motifs is 1. The Morgan fingerprint density at radius 1 is 1.05 bits per heavy atom. The monoisotopic (exact) mass is 539 g/mol. The number of anilines is 1. The number of rotatable bonds is 7. The SMILES string of the molecule is CCOc1ccc([C@@H]2C(C(=O)Nc3ccccc3)=C(C)N=c3s/c(=C\c4ccc(C(=O)O)cc4)c(=O)n32)cc1. The smallest absolute Gasteiger partial charge is 0.335 e. The third kappa shape index (κ3) is 5.30. The summed E-state index contributed by atoms with van der Waals surface area (Å²) < 4.78 is 7.56. The highest BCUT2D eigenvalue weighted by atomic mass is 32.1. The molecule has 2 heterocycles. The van der Waals surface area contributed by atoms with Crippen molar-refractivity contribution in [2.45, 2.75) is 19.9 Å². The normalized spacial score (nSPS) is 14.9. The topological polar surface area (TPSA) is 110 Å². The first-order valence-electron chi connectivity index (χ1n) is 12.3. The molecule has 0 spiro atoms. The number of benzene rings is 3. The lowest BCUT2D eigenvalue weighted by Crippen LogP contribution is -2.40. The van der Waals surface area contributed by atoms with Gasteiger partial charge in [0.25, 0.3) is 11.5 Å². The molecule has 0 aliphatic carbocycles. The standard InChI is InChI=1S/C30H25N3O5S/c1-3-38-23-15-13-20(14-16-23)26-25(27(34)32-22-7-5-4-6-8-22)18(2)31-30-33(26)28(35)24(39-30)17-19-9-11-21(12-10-19)29(36)37/h4-17,26H,3H2,1-2H3,(H,32,34)(H,36,37)/b24-17-/t26-/m1/s1. The molecular formula is C30H25N3O5S. The largest absolute Gasteiger partial charge is 0.494 e. The minimum atomic E-state index is -1.02. The molecule has 8 nitrogen and oxygen atoms in total. The van der Waals surface area contributed by atoms with Gasteiger partial charge >= 0.3 is 5.97 Å². The summed E-state index contributed by atoms with van der Waals surface area (Å²) in [7, 11) is 0. The highest BCUT2D eigenvalue weighted by molar-refractivity contribution is 7.07. The number of carbonyl (C=O) groups excluding carboxylic acids is 1. The lowest BCUT2D eigenvalue weighted by atomic mass is 9.95. The van der Waals surface area contributed by atoms with Gasteiger partial charge in [0, 0.05) is 5.69 Å². The van der Waals surface area contributed by atoms with Crippen LogP contribution in [-0.4, -0.2) is 28.2 Å². The van der Waals surface area contributed by atoms with Crippen molar-refractivity contribution < 1.29 is 19.4 Å². The lowest BCUT2D eigenvalue weighted by Gasteiger charge is -2.25. The molecule has 0 saturated heterocycles. The Kier molecular flexibility index (Phi) is 7.25. The van der Waals surface area contributed by atoms with Crippen molar-refractivity contribution in [3.63, 3.8) is 0 Å². The zero-order valence-electron chi connectivity index (χ0n) is 21.3. The van der Waals surface area contributed by atoms with Crippen molar-refractivity contribution >= 4 is 35.0 Å². The number of carboxylic acid groups (broad SMARTS) is 1. The highest BCUT2D eigenvalue weighted by Crippen LogP contribution is 2.31. The number of nitrogens with zero attached hydrogens (tertiary/aromatic N) is 2. The molecule has 1 aliphatic rings. The quantitative estimate of drug-likeness (QED) is 0.369. The number of nitrogens with one attached hydrogen (secondary N) is 1. The van der Waals surface area contributed by atoms with Crippen LogP contribution in [0, 0.1) is 0 Å². The number of para-hydroxylation sites is 1. The van der Waals surface area contributed by atoms with Crippen LogP contribution in [0.2, 0.25) is 0 Å². The number of carboxylic acids is 1. The minimum absolute atomic E-state index is 0.161. The number of carbonyl (C=O) groups is 2. The zero-order chi connectivity index (χ0) is 27.5. The second kappa shape index (κ2) is 10.9. The molecular weight excluding hydrogens is 514 g/mol. The molecule has 1 aliphatic heterocycles. The Morgan fingerprint density at radius 2 is 1.74 bits per heavy atom. The maximum Gasteiger partial charge on any atom is 0.335 e. The van der Waals surface area contributed by atoms with E-state index in [-0.39, 0.29) is 17.0 Å². The van der Waals surface area contributed by atoms with Crippen molar-refractivity contribution in [1.29, 1.82) is 0 Å². The van der Waals surface area contributed by atoms with Crippen molar-refractivity contribution in [3.8, 4) is 5.75 Å². The van der Waals surface area contributed by atoms with Gasteiger partial charge < -0.3 is 15.2 Å². The third-order valence-electron chi connectivity index (χ3n) is 6.26. The fraction of sp³-hybridized carbons (Fsp3) is 0.133. The number of amides is 1. The Balaban J connectivity index is 1.63. The van der Waals surface area contributed by atoms with E-state index in [1.165, 1.54) is 23.5 Å². The van der Waals surface area contributed by atoms with Gasteiger partial charge in [0.1, 0.15) is 5.75 Å².